The molecule has 0 unspecified atom stereocenters. The van der Waals surface area contributed by atoms with Crippen LogP contribution >= 0.6 is 0 Å². The summed E-state index contributed by atoms with van der Waals surface area (Å²) in [5.74, 6) is 2.58. The predicted octanol–water partition coefficient (Wildman–Crippen LogP) is 4.26. The summed E-state index contributed by atoms with van der Waals surface area (Å²) in [6, 6.07) is 0. The maximum atomic E-state index is 5.12. The fraction of sp³-hybridized carbons (Fsp3) is 0.429. The van der Waals surface area contributed by atoms with Crippen LogP contribution in [-0.4, -0.2) is 0 Å². The highest BCUT2D eigenvalue weighted by Gasteiger charge is 1.81. The van der Waals surface area contributed by atoms with E-state index in [2.05, 4.69) is 50.1 Å². The number of hydrogen-bond acceptors (Lipinski definition) is 0. The van der Waals surface area contributed by atoms with Crippen molar-refractivity contribution in [1.82, 2.24) is 0 Å². The van der Waals surface area contributed by atoms with Gasteiger partial charge in [0.1, 0.15) is 0 Å². The molecule has 0 aromatic carbocycles. The van der Waals surface area contributed by atoms with Crippen LogP contribution in [0.4, 0.5) is 0 Å². The van der Waals surface area contributed by atoms with Crippen molar-refractivity contribution in [2.75, 3.05) is 0 Å². The van der Waals surface area contributed by atoms with Crippen molar-refractivity contribution in [3.8, 4) is 12.3 Å². The van der Waals surface area contributed by atoms with Gasteiger partial charge < -0.3 is 0 Å². The van der Waals surface area contributed by atoms with Crippen molar-refractivity contribution in [3.63, 3.8) is 0 Å². The first-order valence-electron chi connectivity index (χ1n) is 5.19. The van der Waals surface area contributed by atoms with E-state index in [0.717, 1.165) is 19.3 Å². The van der Waals surface area contributed by atoms with Gasteiger partial charge in [0.2, 0.25) is 0 Å². The fourth-order valence-corrected chi connectivity index (χ4v) is 0.988. The zero-order chi connectivity index (χ0) is 10.6. The lowest BCUT2D eigenvalue weighted by atomic mass is 10.2. The molecular formula is C14H20. The molecule has 0 aromatic heterocycles. The van der Waals surface area contributed by atoms with Crippen molar-refractivity contribution >= 4 is 0 Å². The molecule has 0 rings (SSSR count). The van der Waals surface area contributed by atoms with Crippen LogP contribution in [0.5, 0.6) is 0 Å². The van der Waals surface area contributed by atoms with Gasteiger partial charge in [-0.3, -0.25) is 0 Å². The molecular weight excluding hydrogens is 168 g/mol. The van der Waals surface area contributed by atoms with Gasteiger partial charge in [-0.2, -0.15) is 0 Å². The zero-order valence-electron chi connectivity index (χ0n) is 9.29. The SMILES string of the molecule is C#CC/C=C\CCC/C=C\C(C)=C/C. The Kier molecular flexibility index (Phi) is 9.01. The standard InChI is InChI=1S/C14H20/c1-4-6-7-8-9-10-11-12-13-14(3)5-2/h1,5,7-8,12-13H,6,9-11H2,2-3H3/b8-7-,13-12-,14-5-. The van der Waals surface area contributed by atoms with Crippen molar-refractivity contribution in [3.05, 3.63) is 36.0 Å². The average Bonchev–Trinajstić information content (AvgIpc) is 2.21. The molecule has 0 saturated carbocycles. The first-order chi connectivity index (χ1) is 6.81. The molecule has 0 heterocycles. The van der Waals surface area contributed by atoms with Crippen LogP contribution in [0, 0.1) is 12.3 Å². The molecule has 0 fully saturated rings. The lowest BCUT2D eigenvalue weighted by molar-refractivity contribution is 0.865. The lowest BCUT2D eigenvalue weighted by Crippen LogP contribution is -1.71. The highest BCUT2D eigenvalue weighted by molar-refractivity contribution is 5.14. The van der Waals surface area contributed by atoms with Crippen molar-refractivity contribution in [1.29, 1.82) is 0 Å². The zero-order valence-corrected chi connectivity index (χ0v) is 9.29. The average molecular weight is 188 g/mol. The number of unbranched alkanes of at least 4 members (excludes halogenated alkanes) is 2. The third-order valence-electron chi connectivity index (χ3n) is 1.98. The number of terminal acetylenes is 1. The predicted molar refractivity (Wildman–Crippen MR) is 65.0 cm³/mol. The van der Waals surface area contributed by atoms with Crippen LogP contribution in [0.2, 0.25) is 0 Å². The van der Waals surface area contributed by atoms with Gasteiger partial charge in [-0.1, -0.05) is 36.0 Å². The van der Waals surface area contributed by atoms with Gasteiger partial charge >= 0.3 is 0 Å². The van der Waals surface area contributed by atoms with Gasteiger partial charge in [0, 0.05) is 6.42 Å². The van der Waals surface area contributed by atoms with Crippen LogP contribution < -0.4 is 0 Å². The number of rotatable bonds is 6. The molecule has 0 saturated heterocycles. The first kappa shape index (κ1) is 12.8. The van der Waals surface area contributed by atoms with Gasteiger partial charge in [-0.15, -0.1) is 12.3 Å². The van der Waals surface area contributed by atoms with E-state index in [0.29, 0.717) is 0 Å². The molecule has 0 spiro atoms. The van der Waals surface area contributed by atoms with E-state index in [1.165, 1.54) is 12.0 Å². The summed E-state index contributed by atoms with van der Waals surface area (Å²) in [5, 5.41) is 0. The van der Waals surface area contributed by atoms with Crippen molar-refractivity contribution in [2.24, 2.45) is 0 Å². The summed E-state index contributed by atoms with van der Waals surface area (Å²) < 4.78 is 0. The highest BCUT2D eigenvalue weighted by atomic mass is 13.9. The Balaban J connectivity index is 3.39. The Labute approximate surface area is 88.4 Å². The van der Waals surface area contributed by atoms with Gasteiger partial charge in [-0.25, -0.2) is 0 Å². The fourth-order valence-electron chi connectivity index (χ4n) is 0.988. The molecule has 76 valence electrons. The molecule has 0 amide bonds. The molecule has 0 bridgehead atoms. The molecule has 0 N–H and O–H groups in total. The third kappa shape index (κ3) is 8.87. The molecule has 0 aromatic rings. The number of allylic oxidation sites excluding steroid dienone is 6. The minimum atomic E-state index is 0.757. The van der Waals surface area contributed by atoms with E-state index >= 15 is 0 Å². The molecule has 0 aliphatic heterocycles. The summed E-state index contributed by atoms with van der Waals surface area (Å²) >= 11 is 0. The highest BCUT2D eigenvalue weighted by Crippen LogP contribution is 2.01. The molecule has 0 aliphatic rings. The summed E-state index contributed by atoms with van der Waals surface area (Å²) in [4.78, 5) is 0. The van der Waals surface area contributed by atoms with E-state index < -0.39 is 0 Å². The van der Waals surface area contributed by atoms with E-state index in [-0.39, 0.29) is 0 Å². The normalized spacial score (nSPS) is 12.5. The molecule has 0 heteroatoms. The minimum absolute atomic E-state index is 0.757. The Morgan fingerprint density at radius 3 is 2.57 bits per heavy atom. The lowest BCUT2D eigenvalue weighted by Gasteiger charge is -1.91. The van der Waals surface area contributed by atoms with E-state index in [4.69, 9.17) is 6.42 Å². The molecule has 0 atom stereocenters. The number of hydrogen-bond donors (Lipinski definition) is 0. The summed E-state index contributed by atoms with van der Waals surface area (Å²) in [7, 11) is 0. The Bertz CT molecular complexity index is 246. The summed E-state index contributed by atoms with van der Waals surface area (Å²) in [6.07, 6.45) is 20.1. The van der Waals surface area contributed by atoms with E-state index in [9.17, 15) is 0 Å². The van der Waals surface area contributed by atoms with E-state index in [1.54, 1.807) is 0 Å². The van der Waals surface area contributed by atoms with Crippen LogP contribution in [0.3, 0.4) is 0 Å². The van der Waals surface area contributed by atoms with Crippen LogP contribution in [0.15, 0.2) is 36.0 Å². The largest absolute Gasteiger partial charge is 0.120 e. The van der Waals surface area contributed by atoms with Crippen LogP contribution in [0.25, 0.3) is 0 Å². The second-order valence-corrected chi connectivity index (χ2v) is 3.25. The van der Waals surface area contributed by atoms with Crippen molar-refractivity contribution in [2.45, 2.75) is 39.5 Å². The Hall–Kier alpha value is -1.22. The second kappa shape index (κ2) is 9.86. The van der Waals surface area contributed by atoms with Gasteiger partial charge in [-0.05, 0) is 33.1 Å². The third-order valence-corrected chi connectivity index (χ3v) is 1.98. The van der Waals surface area contributed by atoms with Gasteiger partial charge in [0.05, 0.1) is 0 Å². The van der Waals surface area contributed by atoms with Gasteiger partial charge in [0.25, 0.3) is 0 Å². The van der Waals surface area contributed by atoms with Crippen molar-refractivity contribution < 1.29 is 0 Å². The molecule has 0 aliphatic carbocycles. The quantitative estimate of drug-likeness (QED) is 0.253. The minimum Gasteiger partial charge on any atom is -0.120 e. The molecule has 0 radical (unpaired) electrons. The summed E-state index contributed by atoms with van der Waals surface area (Å²) in [6.45, 7) is 4.17. The smallest absolute Gasteiger partial charge is 0.0267 e. The van der Waals surface area contributed by atoms with Crippen LogP contribution in [0.1, 0.15) is 39.5 Å². The molecule has 0 nitrogen and oxygen atoms in total. The Morgan fingerprint density at radius 2 is 1.93 bits per heavy atom. The monoisotopic (exact) mass is 188 g/mol. The Morgan fingerprint density at radius 1 is 1.21 bits per heavy atom. The summed E-state index contributed by atoms with van der Waals surface area (Å²) in [5.41, 5.74) is 1.33. The first-order valence-corrected chi connectivity index (χ1v) is 5.19. The van der Waals surface area contributed by atoms with Gasteiger partial charge in [0.15, 0.2) is 0 Å². The maximum Gasteiger partial charge on any atom is 0.0267 e. The topological polar surface area (TPSA) is 0 Å². The van der Waals surface area contributed by atoms with E-state index in [1.807, 2.05) is 0 Å². The van der Waals surface area contributed by atoms with Crippen LogP contribution in [-0.2, 0) is 0 Å². The second-order valence-electron chi connectivity index (χ2n) is 3.25. The maximum absolute atomic E-state index is 5.12. The molecule has 14 heavy (non-hydrogen) atoms.